The quantitative estimate of drug-likeness (QED) is 0.717. The highest BCUT2D eigenvalue weighted by Crippen LogP contribution is 2.22. The molecule has 6 heteroatoms. The highest BCUT2D eigenvalue weighted by atomic mass is 16.5. The second kappa shape index (κ2) is 9.19. The van der Waals surface area contributed by atoms with Gasteiger partial charge in [-0.15, -0.1) is 0 Å². The van der Waals surface area contributed by atoms with Crippen molar-refractivity contribution < 1.29 is 4.74 Å². The first kappa shape index (κ1) is 17.3. The molecule has 0 spiro atoms. The highest BCUT2D eigenvalue weighted by Gasteiger charge is 1.97. The summed E-state index contributed by atoms with van der Waals surface area (Å²) in [6.07, 6.45) is 3.75. The smallest absolute Gasteiger partial charge is 0.131 e. The summed E-state index contributed by atoms with van der Waals surface area (Å²) < 4.78 is 5.15. The van der Waals surface area contributed by atoms with E-state index in [1.165, 1.54) is 0 Å². The molecule has 0 fully saturated rings. The van der Waals surface area contributed by atoms with Crippen LogP contribution in [0.1, 0.15) is 0 Å². The Morgan fingerprint density at radius 3 is 2.25 bits per heavy atom. The topological polar surface area (TPSA) is 61.2 Å². The van der Waals surface area contributed by atoms with Crippen molar-refractivity contribution >= 4 is 17.1 Å². The fraction of sp³-hybridized carbons (Fsp3) is 0.222. The number of hydrogen-bond acceptors (Lipinski definition) is 6. The van der Waals surface area contributed by atoms with Crippen LogP contribution in [0.15, 0.2) is 71.2 Å². The maximum atomic E-state index is 5.15. The first-order valence-corrected chi connectivity index (χ1v) is 7.64. The lowest BCUT2D eigenvalue weighted by Crippen LogP contribution is -2.11. The summed E-state index contributed by atoms with van der Waals surface area (Å²) in [5.74, 6) is 0.839. The molecule has 0 radical (unpaired) electrons. The SMILES string of the molecule is CN/C=C\N(C)CN=Nc1ccc(Nc2ccc(OC)cc2)cc1. The summed E-state index contributed by atoms with van der Waals surface area (Å²) in [6.45, 7) is 0.504. The number of azo groups is 1. The van der Waals surface area contributed by atoms with E-state index in [4.69, 9.17) is 4.74 Å². The summed E-state index contributed by atoms with van der Waals surface area (Å²) in [5.41, 5.74) is 2.82. The molecule has 0 aliphatic heterocycles. The third-order valence-electron chi connectivity index (χ3n) is 3.21. The molecule has 126 valence electrons. The normalized spacial score (nSPS) is 11.0. The molecule has 0 saturated carbocycles. The summed E-state index contributed by atoms with van der Waals surface area (Å²) in [4.78, 5) is 1.93. The van der Waals surface area contributed by atoms with E-state index in [0.29, 0.717) is 6.67 Å². The Bertz CT molecular complexity index is 665. The van der Waals surface area contributed by atoms with Crippen molar-refractivity contribution in [2.24, 2.45) is 10.2 Å². The number of rotatable bonds is 8. The minimum absolute atomic E-state index is 0.504. The van der Waals surface area contributed by atoms with Crippen molar-refractivity contribution in [3.8, 4) is 5.75 Å². The Morgan fingerprint density at radius 2 is 1.67 bits per heavy atom. The summed E-state index contributed by atoms with van der Waals surface area (Å²) >= 11 is 0. The van der Waals surface area contributed by atoms with Gasteiger partial charge in [0.05, 0.1) is 12.8 Å². The second-order valence-electron chi connectivity index (χ2n) is 5.14. The molecule has 0 aliphatic carbocycles. The predicted molar refractivity (Wildman–Crippen MR) is 98.1 cm³/mol. The predicted octanol–water partition coefficient (Wildman–Crippen LogP) is 4.10. The molecule has 0 bridgehead atoms. The van der Waals surface area contributed by atoms with Gasteiger partial charge in [0.25, 0.3) is 0 Å². The first-order valence-electron chi connectivity index (χ1n) is 7.64. The van der Waals surface area contributed by atoms with Gasteiger partial charge < -0.3 is 20.3 Å². The van der Waals surface area contributed by atoms with Crippen molar-refractivity contribution in [2.45, 2.75) is 0 Å². The van der Waals surface area contributed by atoms with Crippen LogP contribution in [0.25, 0.3) is 0 Å². The molecule has 0 amide bonds. The van der Waals surface area contributed by atoms with Gasteiger partial charge in [0.1, 0.15) is 12.4 Å². The van der Waals surface area contributed by atoms with Crippen LogP contribution in [0.2, 0.25) is 0 Å². The Hall–Kier alpha value is -3.02. The monoisotopic (exact) mass is 325 g/mol. The van der Waals surface area contributed by atoms with Crippen molar-refractivity contribution in [1.29, 1.82) is 0 Å². The minimum atomic E-state index is 0.504. The fourth-order valence-electron chi connectivity index (χ4n) is 1.91. The first-order chi connectivity index (χ1) is 11.7. The van der Waals surface area contributed by atoms with Crippen LogP contribution in [0.4, 0.5) is 17.1 Å². The molecule has 0 aromatic heterocycles. The van der Waals surface area contributed by atoms with E-state index in [9.17, 15) is 0 Å². The van der Waals surface area contributed by atoms with Crippen LogP contribution in [0.5, 0.6) is 5.75 Å². The zero-order chi connectivity index (χ0) is 17.2. The number of anilines is 2. The Morgan fingerprint density at radius 1 is 1.04 bits per heavy atom. The van der Waals surface area contributed by atoms with Crippen LogP contribution in [-0.4, -0.2) is 32.8 Å². The number of hydrogen-bond donors (Lipinski definition) is 2. The zero-order valence-corrected chi connectivity index (χ0v) is 14.2. The molecule has 0 aliphatic rings. The average Bonchev–Trinajstić information content (AvgIpc) is 2.62. The molecular formula is C18H23N5O. The number of ether oxygens (including phenoxy) is 1. The number of methoxy groups -OCH3 is 1. The van der Waals surface area contributed by atoms with E-state index in [2.05, 4.69) is 20.9 Å². The van der Waals surface area contributed by atoms with E-state index >= 15 is 0 Å². The average molecular weight is 325 g/mol. The molecule has 2 aromatic carbocycles. The maximum absolute atomic E-state index is 5.15. The van der Waals surface area contributed by atoms with E-state index in [1.54, 1.807) is 7.11 Å². The third kappa shape index (κ3) is 5.64. The maximum Gasteiger partial charge on any atom is 0.131 e. The molecule has 0 atom stereocenters. The molecule has 2 rings (SSSR count). The van der Waals surface area contributed by atoms with Gasteiger partial charge in [-0.2, -0.15) is 10.2 Å². The van der Waals surface area contributed by atoms with E-state index in [1.807, 2.05) is 79.9 Å². The summed E-state index contributed by atoms with van der Waals surface area (Å²) in [7, 11) is 5.45. The lowest BCUT2D eigenvalue weighted by molar-refractivity contribution is 0.415. The fourth-order valence-corrected chi connectivity index (χ4v) is 1.91. The number of benzene rings is 2. The van der Waals surface area contributed by atoms with Crippen LogP contribution >= 0.6 is 0 Å². The Balaban J connectivity index is 1.89. The molecule has 0 heterocycles. The molecule has 6 nitrogen and oxygen atoms in total. The summed E-state index contributed by atoms with van der Waals surface area (Å²) in [6, 6.07) is 15.6. The van der Waals surface area contributed by atoms with Gasteiger partial charge >= 0.3 is 0 Å². The Labute approximate surface area is 142 Å². The van der Waals surface area contributed by atoms with Gasteiger partial charge in [-0.1, -0.05) is 0 Å². The summed E-state index contributed by atoms with van der Waals surface area (Å²) in [5, 5.41) is 14.6. The van der Waals surface area contributed by atoms with E-state index in [-0.39, 0.29) is 0 Å². The van der Waals surface area contributed by atoms with Crippen LogP contribution in [0.3, 0.4) is 0 Å². The van der Waals surface area contributed by atoms with Gasteiger partial charge in [0, 0.05) is 37.9 Å². The zero-order valence-electron chi connectivity index (χ0n) is 14.2. The molecule has 2 aromatic rings. The van der Waals surface area contributed by atoms with Crippen molar-refractivity contribution in [2.75, 3.05) is 33.2 Å². The lowest BCUT2D eigenvalue weighted by Gasteiger charge is -2.09. The largest absolute Gasteiger partial charge is 0.497 e. The van der Waals surface area contributed by atoms with Crippen LogP contribution < -0.4 is 15.4 Å². The molecule has 0 saturated heterocycles. The van der Waals surface area contributed by atoms with Gasteiger partial charge in [-0.05, 0) is 48.5 Å². The van der Waals surface area contributed by atoms with E-state index in [0.717, 1.165) is 22.8 Å². The molecule has 24 heavy (non-hydrogen) atoms. The van der Waals surface area contributed by atoms with Gasteiger partial charge in [-0.3, -0.25) is 0 Å². The van der Waals surface area contributed by atoms with Crippen LogP contribution in [-0.2, 0) is 0 Å². The molecule has 0 unspecified atom stereocenters. The third-order valence-corrected chi connectivity index (χ3v) is 3.21. The second-order valence-corrected chi connectivity index (χ2v) is 5.14. The van der Waals surface area contributed by atoms with E-state index < -0.39 is 0 Å². The van der Waals surface area contributed by atoms with Gasteiger partial charge in [0.15, 0.2) is 0 Å². The Kier molecular flexibility index (Phi) is 6.64. The highest BCUT2D eigenvalue weighted by molar-refractivity contribution is 5.62. The lowest BCUT2D eigenvalue weighted by atomic mass is 10.2. The van der Waals surface area contributed by atoms with Crippen molar-refractivity contribution in [3.05, 3.63) is 60.9 Å². The number of nitrogens with one attached hydrogen (secondary N) is 2. The van der Waals surface area contributed by atoms with Crippen LogP contribution in [0, 0.1) is 0 Å². The van der Waals surface area contributed by atoms with Gasteiger partial charge in [0.2, 0.25) is 0 Å². The number of nitrogens with zero attached hydrogens (tertiary/aromatic N) is 3. The minimum Gasteiger partial charge on any atom is -0.497 e. The molecular weight excluding hydrogens is 302 g/mol. The molecule has 2 N–H and O–H groups in total. The van der Waals surface area contributed by atoms with Crippen molar-refractivity contribution in [1.82, 2.24) is 10.2 Å². The standard InChI is InChI=1S/C18H23N5O/c1-19-12-13-23(2)14-20-22-17-6-4-15(5-7-17)21-16-8-10-18(24-3)11-9-16/h4-13,19,21H,14H2,1-3H3/b13-12-,22-20?. The van der Waals surface area contributed by atoms with Gasteiger partial charge in [-0.25, -0.2) is 0 Å². The van der Waals surface area contributed by atoms with Crippen molar-refractivity contribution in [3.63, 3.8) is 0 Å².